The van der Waals surface area contributed by atoms with Gasteiger partial charge in [-0.15, -0.1) is 0 Å². The SMILES string of the molecule is O=C1C(Oc2ccccc2Br)=COC2CC(OCc3ccc(Cl)cc3Cl)CCC12. The number of Topliss-reactive ketones (excluding diaryl/α,β-unsaturated/α-hetero) is 1. The van der Waals surface area contributed by atoms with Gasteiger partial charge in [-0.2, -0.15) is 0 Å². The third-order valence-corrected chi connectivity index (χ3v) is 6.46. The highest BCUT2D eigenvalue weighted by Crippen LogP contribution is 2.36. The van der Waals surface area contributed by atoms with Gasteiger partial charge in [0.2, 0.25) is 11.5 Å². The molecule has 3 unspecified atom stereocenters. The molecule has 1 heterocycles. The predicted octanol–water partition coefficient (Wildman–Crippen LogP) is 6.33. The van der Waals surface area contributed by atoms with Crippen molar-refractivity contribution in [3.8, 4) is 5.75 Å². The molecule has 29 heavy (non-hydrogen) atoms. The molecule has 152 valence electrons. The largest absolute Gasteiger partial charge is 0.493 e. The van der Waals surface area contributed by atoms with E-state index in [1.807, 2.05) is 24.3 Å². The van der Waals surface area contributed by atoms with E-state index < -0.39 is 0 Å². The fourth-order valence-electron chi connectivity index (χ4n) is 3.65. The van der Waals surface area contributed by atoms with Crippen LogP contribution < -0.4 is 4.74 Å². The number of allylic oxidation sites excluding steroid dienone is 1. The van der Waals surface area contributed by atoms with E-state index in [1.54, 1.807) is 18.2 Å². The van der Waals surface area contributed by atoms with Crippen molar-refractivity contribution in [2.24, 2.45) is 5.92 Å². The zero-order chi connectivity index (χ0) is 20.4. The molecule has 1 fully saturated rings. The lowest BCUT2D eigenvalue weighted by atomic mass is 9.80. The second-order valence-corrected chi connectivity index (χ2v) is 8.84. The monoisotopic (exact) mass is 496 g/mol. The summed E-state index contributed by atoms with van der Waals surface area (Å²) in [6.45, 7) is 0.401. The van der Waals surface area contributed by atoms with Crippen LogP contribution in [-0.2, 0) is 20.9 Å². The highest BCUT2D eigenvalue weighted by Gasteiger charge is 2.41. The van der Waals surface area contributed by atoms with Crippen LogP contribution in [0, 0.1) is 5.92 Å². The summed E-state index contributed by atoms with van der Waals surface area (Å²) in [7, 11) is 0. The second kappa shape index (κ2) is 9.09. The number of ketones is 1. The smallest absolute Gasteiger partial charge is 0.208 e. The minimum atomic E-state index is -0.212. The van der Waals surface area contributed by atoms with Crippen molar-refractivity contribution < 1.29 is 19.0 Å². The third-order valence-electron chi connectivity index (χ3n) is 5.22. The number of ether oxygens (including phenoxy) is 3. The Hall–Kier alpha value is -1.53. The molecule has 7 heteroatoms. The number of benzene rings is 2. The van der Waals surface area contributed by atoms with Gasteiger partial charge in [0.25, 0.3) is 0 Å². The number of para-hydroxylation sites is 1. The first-order valence-corrected chi connectivity index (χ1v) is 10.9. The molecule has 2 aromatic rings. The van der Waals surface area contributed by atoms with Gasteiger partial charge >= 0.3 is 0 Å². The van der Waals surface area contributed by atoms with Gasteiger partial charge in [0, 0.05) is 16.5 Å². The van der Waals surface area contributed by atoms with Gasteiger partial charge < -0.3 is 14.2 Å². The summed E-state index contributed by atoms with van der Waals surface area (Å²) >= 11 is 15.6. The van der Waals surface area contributed by atoms with E-state index in [1.165, 1.54) is 6.26 Å². The van der Waals surface area contributed by atoms with Crippen molar-refractivity contribution in [3.63, 3.8) is 0 Å². The van der Waals surface area contributed by atoms with E-state index in [-0.39, 0.29) is 29.7 Å². The lowest BCUT2D eigenvalue weighted by molar-refractivity contribution is -0.134. The summed E-state index contributed by atoms with van der Waals surface area (Å²) in [5.74, 6) is 0.601. The maximum Gasteiger partial charge on any atom is 0.208 e. The molecule has 1 aliphatic heterocycles. The number of carbonyl (C=O) groups excluding carboxylic acids is 1. The third kappa shape index (κ3) is 4.80. The Morgan fingerprint density at radius 3 is 2.76 bits per heavy atom. The maximum atomic E-state index is 12.9. The Morgan fingerprint density at radius 2 is 1.97 bits per heavy atom. The maximum absolute atomic E-state index is 12.9. The summed E-state index contributed by atoms with van der Waals surface area (Å²) in [6.07, 6.45) is 3.37. The fraction of sp³-hybridized carbons (Fsp3) is 0.318. The van der Waals surface area contributed by atoms with Gasteiger partial charge in [0.15, 0.2) is 0 Å². The van der Waals surface area contributed by atoms with Crippen LogP contribution in [-0.4, -0.2) is 18.0 Å². The van der Waals surface area contributed by atoms with Gasteiger partial charge in [-0.3, -0.25) is 4.79 Å². The Kier molecular flexibility index (Phi) is 6.50. The van der Waals surface area contributed by atoms with Crippen LogP contribution in [0.25, 0.3) is 0 Å². The highest BCUT2D eigenvalue weighted by atomic mass is 79.9. The fourth-order valence-corrected chi connectivity index (χ4v) is 4.48. The van der Waals surface area contributed by atoms with Crippen LogP contribution in [0.2, 0.25) is 10.0 Å². The molecule has 0 aromatic heterocycles. The molecule has 4 nitrogen and oxygen atoms in total. The Bertz CT molecular complexity index is 946. The summed E-state index contributed by atoms with van der Waals surface area (Å²) in [5.41, 5.74) is 0.892. The molecule has 0 N–H and O–H groups in total. The second-order valence-electron chi connectivity index (χ2n) is 7.14. The van der Waals surface area contributed by atoms with Crippen molar-refractivity contribution in [3.05, 3.63) is 74.6 Å². The van der Waals surface area contributed by atoms with Gasteiger partial charge in [-0.05, 0) is 58.6 Å². The van der Waals surface area contributed by atoms with Gasteiger partial charge in [-0.1, -0.05) is 41.4 Å². The Morgan fingerprint density at radius 1 is 1.14 bits per heavy atom. The van der Waals surface area contributed by atoms with Crippen LogP contribution in [0.3, 0.4) is 0 Å². The number of halogens is 3. The molecule has 0 spiro atoms. The molecule has 0 amide bonds. The standard InChI is InChI=1S/C22H19BrCl2O4/c23-17-3-1-2-4-19(17)29-21-12-28-20-10-15(7-8-16(20)22(21)26)27-11-13-5-6-14(24)9-18(13)25/h1-6,9,12,15-16,20H,7-8,10-11H2. The number of fused-ring (bicyclic) bond motifs is 1. The molecule has 4 rings (SSSR count). The van der Waals surface area contributed by atoms with Crippen molar-refractivity contribution in [2.75, 3.05) is 0 Å². The number of hydrogen-bond donors (Lipinski definition) is 0. The van der Waals surface area contributed by atoms with Crippen molar-refractivity contribution >= 4 is 44.9 Å². The lowest BCUT2D eigenvalue weighted by Gasteiger charge is -2.37. The van der Waals surface area contributed by atoms with Crippen LogP contribution in [0.4, 0.5) is 0 Å². The van der Waals surface area contributed by atoms with E-state index in [2.05, 4.69) is 15.9 Å². The van der Waals surface area contributed by atoms with E-state index in [0.29, 0.717) is 35.2 Å². The van der Waals surface area contributed by atoms with Gasteiger partial charge in [-0.25, -0.2) is 0 Å². The summed E-state index contributed by atoms with van der Waals surface area (Å²) in [6, 6.07) is 12.8. The zero-order valence-corrected chi connectivity index (χ0v) is 18.5. The van der Waals surface area contributed by atoms with Crippen molar-refractivity contribution in [1.29, 1.82) is 0 Å². The van der Waals surface area contributed by atoms with Crippen LogP contribution in [0.15, 0.2) is 59.0 Å². The molecular formula is C22H19BrCl2O4. The molecule has 3 atom stereocenters. The highest BCUT2D eigenvalue weighted by molar-refractivity contribution is 9.10. The van der Waals surface area contributed by atoms with E-state index in [9.17, 15) is 4.79 Å². The number of hydrogen-bond acceptors (Lipinski definition) is 4. The minimum Gasteiger partial charge on any atom is -0.493 e. The van der Waals surface area contributed by atoms with Crippen LogP contribution in [0.1, 0.15) is 24.8 Å². The zero-order valence-electron chi connectivity index (χ0n) is 15.4. The quantitative estimate of drug-likeness (QED) is 0.484. The molecule has 1 saturated carbocycles. The van der Waals surface area contributed by atoms with Gasteiger partial charge in [0.1, 0.15) is 18.1 Å². The molecule has 0 bridgehead atoms. The average Bonchev–Trinajstić information content (AvgIpc) is 2.71. The number of carbonyl (C=O) groups is 1. The van der Waals surface area contributed by atoms with Crippen LogP contribution in [0.5, 0.6) is 5.75 Å². The molecule has 0 saturated heterocycles. The van der Waals surface area contributed by atoms with Crippen LogP contribution >= 0.6 is 39.1 Å². The topological polar surface area (TPSA) is 44.8 Å². The van der Waals surface area contributed by atoms with E-state index in [4.69, 9.17) is 37.4 Å². The average molecular weight is 498 g/mol. The molecule has 2 aromatic carbocycles. The summed E-state index contributed by atoms with van der Waals surface area (Å²) in [5, 5.41) is 1.19. The van der Waals surface area contributed by atoms with E-state index in [0.717, 1.165) is 16.5 Å². The summed E-state index contributed by atoms with van der Waals surface area (Å²) in [4.78, 5) is 12.9. The Balaban J connectivity index is 1.37. The van der Waals surface area contributed by atoms with Gasteiger partial charge in [0.05, 0.1) is 23.1 Å². The molecule has 1 aliphatic carbocycles. The molecule has 2 aliphatic rings. The summed E-state index contributed by atoms with van der Waals surface area (Å²) < 4.78 is 18.5. The lowest BCUT2D eigenvalue weighted by Crippen LogP contribution is -2.42. The number of rotatable bonds is 5. The van der Waals surface area contributed by atoms with E-state index >= 15 is 0 Å². The minimum absolute atomic E-state index is 0.00920. The van der Waals surface area contributed by atoms with Crippen molar-refractivity contribution in [2.45, 2.75) is 38.1 Å². The first-order chi connectivity index (χ1) is 14.0. The van der Waals surface area contributed by atoms with Crippen molar-refractivity contribution in [1.82, 2.24) is 0 Å². The first-order valence-electron chi connectivity index (χ1n) is 9.39. The molecular weight excluding hydrogens is 479 g/mol. The normalized spacial score (nSPS) is 23.8. The Labute approximate surface area is 187 Å². The first kappa shape index (κ1) is 20.7. The molecule has 0 radical (unpaired) electrons. The predicted molar refractivity (Wildman–Crippen MR) is 115 cm³/mol.